The number of ether oxygens (including phenoxy) is 2. The van der Waals surface area contributed by atoms with Crippen LogP contribution in [0.2, 0.25) is 0 Å². The van der Waals surface area contributed by atoms with Gasteiger partial charge in [-0.2, -0.15) is 0 Å². The van der Waals surface area contributed by atoms with Crippen LogP contribution < -0.4 is 15.0 Å². The molecule has 2 amide bonds. The summed E-state index contributed by atoms with van der Waals surface area (Å²) >= 11 is 0. The Bertz CT molecular complexity index is 668. The van der Waals surface area contributed by atoms with Crippen molar-refractivity contribution in [3.63, 3.8) is 0 Å². The van der Waals surface area contributed by atoms with Gasteiger partial charge in [-0.15, -0.1) is 0 Å². The van der Waals surface area contributed by atoms with Crippen molar-refractivity contribution in [1.82, 2.24) is 4.90 Å². The first kappa shape index (κ1) is 17.7. The van der Waals surface area contributed by atoms with Gasteiger partial charge in [0.25, 0.3) is 0 Å². The zero-order valence-electron chi connectivity index (χ0n) is 15.0. The summed E-state index contributed by atoms with van der Waals surface area (Å²) in [6.45, 7) is 7.23. The van der Waals surface area contributed by atoms with Crippen molar-refractivity contribution < 1.29 is 19.1 Å². The van der Waals surface area contributed by atoms with Crippen LogP contribution in [0.4, 0.5) is 11.4 Å². The fraction of sp³-hybridized carbons (Fsp3) is 0.556. The molecule has 0 radical (unpaired) electrons. The molecular weight excluding hydrogens is 322 g/mol. The van der Waals surface area contributed by atoms with Gasteiger partial charge in [0.15, 0.2) is 0 Å². The van der Waals surface area contributed by atoms with Gasteiger partial charge in [0.2, 0.25) is 11.8 Å². The van der Waals surface area contributed by atoms with E-state index in [1.54, 1.807) is 30.1 Å². The summed E-state index contributed by atoms with van der Waals surface area (Å²) in [4.78, 5) is 28.5. The normalized spacial score (nSPS) is 20.4. The predicted molar refractivity (Wildman–Crippen MR) is 95.0 cm³/mol. The number of fused-ring (bicyclic) bond motifs is 1. The molecule has 1 aromatic carbocycles. The number of rotatable bonds is 3. The molecule has 0 spiro atoms. The minimum absolute atomic E-state index is 0.0111. The largest absolute Gasteiger partial charge is 0.490 e. The molecule has 136 valence electrons. The maximum Gasteiger partial charge on any atom is 0.238 e. The lowest BCUT2D eigenvalue weighted by molar-refractivity contribution is -0.127. The highest BCUT2D eigenvalue weighted by molar-refractivity contribution is 6.00. The van der Waals surface area contributed by atoms with Crippen molar-refractivity contribution in [2.24, 2.45) is 5.41 Å². The zero-order valence-corrected chi connectivity index (χ0v) is 15.0. The third-order valence-corrected chi connectivity index (χ3v) is 4.55. The van der Waals surface area contributed by atoms with Crippen LogP contribution >= 0.6 is 0 Å². The first-order valence-corrected chi connectivity index (χ1v) is 8.52. The second kappa shape index (κ2) is 7.01. The van der Waals surface area contributed by atoms with Gasteiger partial charge in [0.1, 0.15) is 12.4 Å². The minimum Gasteiger partial charge on any atom is -0.490 e. The topological polar surface area (TPSA) is 71.1 Å². The lowest BCUT2D eigenvalue weighted by atomic mass is 9.93. The second-order valence-corrected chi connectivity index (χ2v) is 7.16. The summed E-state index contributed by atoms with van der Waals surface area (Å²) in [5.41, 5.74) is 0.729. The van der Waals surface area contributed by atoms with Gasteiger partial charge in [-0.25, -0.2) is 0 Å². The summed E-state index contributed by atoms with van der Waals surface area (Å²) in [5.74, 6) is 0.557. The number of hydrogen-bond acceptors (Lipinski definition) is 5. The van der Waals surface area contributed by atoms with Gasteiger partial charge >= 0.3 is 0 Å². The van der Waals surface area contributed by atoms with Crippen molar-refractivity contribution in [2.45, 2.75) is 13.8 Å². The van der Waals surface area contributed by atoms with Crippen molar-refractivity contribution in [2.75, 3.05) is 56.7 Å². The highest BCUT2D eigenvalue weighted by Gasteiger charge is 2.36. The molecule has 0 bridgehead atoms. The number of carbonyl (C=O) groups is 2. The van der Waals surface area contributed by atoms with Crippen LogP contribution in [0.5, 0.6) is 5.75 Å². The van der Waals surface area contributed by atoms with E-state index in [4.69, 9.17) is 9.47 Å². The Hall–Kier alpha value is -2.12. The van der Waals surface area contributed by atoms with Crippen molar-refractivity contribution in [3.05, 3.63) is 18.2 Å². The molecular formula is C18H25N3O4. The molecule has 7 nitrogen and oxygen atoms in total. The molecule has 1 aromatic rings. The highest BCUT2D eigenvalue weighted by Crippen LogP contribution is 2.37. The van der Waals surface area contributed by atoms with E-state index in [0.717, 1.165) is 13.1 Å². The van der Waals surface area contributed by atoms with Gasteiger partial charge in [0, 0.05) is 25.8 Å². The molecule has 3 rings (SSSR count). The Morgan fingerprint density at radius 3 is 2.72 bits per heavy atom. The molecule has 0 atom stereocenters. The molecule has 25 heavy (non-hydrogen) atoms. The Morgan fingerprint density at radius 1 is 1.28 bits per heavy atom. The van der Waals surface area contributed by atoms with Crippen LogP contribution in [0.1, 0.15) is 13.8 Å². The number of morpholine rings is 1. The van der Waals surface area contributed by atoms with Crippen molar-refractivity contribution in [3.8, 4) is 5.75 Å². The molecule has 0 aromatic heterocycles. The highest BCUT2D eigenvalue weighted by atomic mass is 16.5. The Morgan fingerprint density at radius 2 is 2.00 bits per heavy atom. The van der Waals surface area contributed by atoms with E-state index in [1.807, 2.05) is 13.8 Å². The molecule has 1 saturated heterocycles. The maximum absolute atomic E-state index is 12.6. The molecule has 0 saturated carbocycles. The fourth-order valence-electron chi connectivity index (χ4n) is 3.03. The van der Waals surface area contributed by atoms with E-state index in [2.05, 4.69) is 10.2 Å². The first-order chi connectivity index (χ1) is 11.9. The van der Waals surface area contributed by atoms with Gasteiger partial charge < -0.3 is 19.7 Å². The summed E-state index contributed by atoms with van der Waals surface area (Å²) < 4.78 is 11.1. The predicted octanol–water partition coefficient (Wildman–Crippen LogP) is 1.34. The van der Waals surface area contributed by atoms with Crippen molar-refractivity contribution >= 4 is 23.2 Å². The third-order valence-electron chi connectivity index (χ3n) is 4.55. The SMILES string of the molecule is CN1C(=O)C(C)(C)COc2ccc(NC(=O)CN3CCOCC3)cc21. The van der Waals surface area contributed by atoms with Crippen LogP contribution in [-0.2, 0) is 14.3 Å². The Balaban J connectivity index is 1.71. The summed E-state index contributed by atoms with van der Waals surface area (Å²) in [7, 11) is 1.73. The summed E-state index contributed by atoms with van der Waals surface area (Å²) in [6.07, 6.45) is 0. The number of anilines is 2. The number of amides is 2. The van der Waals surface area contributed by atoms with Crippen LogP contribution in [0, 0.1) is 5.41 Å². The average Bonchev–Trinajstić information content (AvgIpc) is 2.67. The van der Waals surface area contributed by atoms with E-state index >= 15 is 0 Å². The number of benzene rings is 1. The fourth-order valence-corrected chi connectivity index (χ4v) is 3.03. The first-order valence-electron chi connectivity index (χ1n) is 8.52. The zero-order chi connectivity index (χ0) is 18.0. The molecule has 7 heteroatoms. The van der Waals surface area contributed by atoms with Gasteiger partial charge in [-0.05, 0) is 32.0 Å². The smallest absolute Gasteiger partial charge is 0.238 e. The maximum atomic E-state index is 12.6. The molecule has 0 aliphatic carbocycles. The Kier molecular flexibility index (Phi) is 4.96. The van der Waals surface area contributed by atoms with Crippen molar-refractivity contribution in [1.29, 1.82) is 0 Å². The van der Waals surface area contributed by atoms with Gasteiger partial charge in [-0.1, -0.05) is 0 Å². The van der Waals surface area contributed by atoms with Crippen LogP contribution in [-0.4, -0.2) is 63.2 Å². The molecule has 1 N–H and O–H groups in total. The van der Waals surface area contributed by atoms with Crippen LogP contribution in [0.25, 0.3) is 0 Å². The summed E-state index contributed by atoms with van der Waals surface area (Å²) in [5, 5.41) is 2.90. The molecule has 0 unspecified atom stereocenters. The van der Waals surface area contributed by atoms with Crippen LogP contribution in [0.3, 0.4) is 0 Å². The second-order valence-electron chi connectivity index (χ2n) is 7.16. The standard InChI is InChI=1S/C18H25N3O4/c1-18(2)12-25-15-5-4-13(10-14(15)20(3)17(18)23)19-16(22)11-21-6-8-24-9-7-21/h4-5,10H,6-9,11-12H2,1-3H3,(H,19,22). The molecule has 2 heterocycles. The minimum atomic E-state index is -0.590. The monoisotopic (exact) mass is 347 g/mol. The van der Waals surface area contributed by atoms with Gasteiger partial charge in [-0.3, -0.25) is 14.5 Å². The number of carbonyl (C=O) groups excluding carboxylic acids is 2. The third kappa shape index (κ3) is 3.93. The number of nitrogens with zero attached hydrogens (tertiary/aromatic N) is 2. The number of nitrogens with one attached hydrogen (secondary N) is 1. The summed E-state index contributed by atoms with van der Waals surface area (Å²) in [6, 6.07) is 5.38. The van der Waals surface area contributed by atoms with E-state index in [9.17, 15) is 9.59 Å². The van der Waals surface area contributed by atoms with E-state index in [0.29, 0.717) is 43.5 Å². The lowest BCUT2D eigenvalue weighted by Crippen LogP contribution is -2.41. The van der Waals surface area contributed by atoms with E-state index < -0.39 is 5.41 Å². The molecule has 1 fully saturated rings. The van der Waals surface area contributed by atoms with Crippen LogP contribution in [0.15, 0.2) is 18.2 Å². The molecule has 2 aliphatic heterocycles. The van der Waals surface area contributed by atoms with Gasteiger partial charge in [0.05, 0.1) is 30.9 Å². The average molecular weight is 347 g/mol. The molecule has 2 aliphatic rings. The van der Waals surface area contributed by atoms with E-state index in [-0.39, 0.29) is 11.8 Å². The van der Waals surface area contributed by atoms with E-state index in [1.165, 1.54) is 0 Å². The quantitative estimate of drug-likeness (QED) is 0.893. The Labute approximate surface area is 147 Å². The number of hydrogen-bond donors (Lipinski definition) is 1. The lowest BCUT2D eigenvalue weighted by Gasteiger charge is -2.26.